The number of carbonyl (C=O) groups excluding carboxylic acids is 1. The van der Waals surface area contributed by atoms with E-state index in [0.717, 1.165) is 30.7 Å². The normalized spacial score (nSPS) is 12.6. The molecule has 39 heavy (non-hydrogen) atoms. The highest BCUT2D eigenvalue weighted by Crippen LogP contribution is 2.30. The zero-order valence-electron chi connectivity index (χ0n) is 21.7. The molecule has 0 bridgehead atoms. The lowest BCUT2D eigenvalue weighted by Crippen LogP contribution is -2.23. The molecular weight excluding hydrogens is 598 g/mol. The second-order valence-corrected chi connectivity index (χ2v) is 9.02. The van der Waals surface area contributed by atoms with Crippen LogP contribution in [0.25, 0.3) is 0 Å². The number of ether oxygens (including phenoxy) is 1. The summed E-state index contributed by atoms with van der Waals surface area (Å²) < 4.78 is 78.0. The Morgan fingerprint density at radius 2 is 1.33 bits per heavy atom. The average Bonchev–Trinajstić information content (AvgIpc) is 2.83. The number of carboxylic acid groups (broad SMARTS) is 1. The van der Waals surface area contributed by atoms with E-state index in [2.05, 4.69) is 21.2 Å². The van der Waals surface area contributed by atoms with Crippen molar-refractivity contribution in [3.05, 3.63) is 64.1 Å². The minimum atomic E-state index is -4.36. The van der Waals surface area contributed by atoms with E-state index in [9.17, 15) is 35.9 Å². The standard InChI is InChI=1S/C12H14F3NO2.C7H4BrF3.C7H15NO2/c1-2-9(7-11(17)18)16-10-5-3-8(4-6-10)12(13,14)15;8-6-3-1-5(2-4-6)7(9,10)11;1-3-6(8)5-7(9)10-4-2/h3-6,9,16H,2,7H2,1H3,(H,17,18);1-4H;6H,3-5,8H2,1-2H3/t9-;;6-/m1.1/s1. The first-order chi connectivity index (χ1) is 18.0. The number of alkyl halides is 6. The van der Waals surface area contributed by atoms with Crippen molar-refractivity contribution in [2.24, 2.45) is 5.73 Å². The number of carbonyl (C=O) groups is 2. The Kier molecular flexibility index (Phi) is 16.4. The van der Waals surface area contributed by atoms with Crippen LogP contribution in [-0.4, -0.2) is 35.7 Å². The van der Waals surface area contributed by atoms with Crippen molar-refractivity contribution in [1.82, 2.24) is 0 Å². The van der Waals surface area contributed by atoms with Crippen molar-refractivity contribution < 1.29 is 45.8 Å². The van der Waals surface area contributed by atoms with Gasteiger partial charge in [0.1, 0.15) is 0 Å². The van der Waals surface area contributed by atoms with Gasteiger partial charge >= 0.3 is 24.3 Å². The van der Waals surface area contributed by atoms with Gasteiger partial charge in [0.05, 0.1) is 30.6 Å². The fraction of sp³-hybridized carbons (Fsp3) is 0.462. The molecule has 2 rings (SSSR count). The highest BCUT2D eigenvalue weighted by molar-refractivity contribution is 9.10. The molecule has 0 aliphatic rings. The second kappa shape index (κ2) is 17.7. The topological polar surface area (TPSA) is 102 Å². The number of nitrogens with one attached hydrogen (secondary N) is 1. The first-order valence-corrected chi connectivity index (χ1v) is 12.7. The molecule has 0 amide bonds. The van der Waals surface area contributed by atoms with Crippen molar-refractivity contribution in [1.29, 1.82) is 0 Å². The predicted octanol–water partition coefficient (Wildman–Crippen LogP) is 7.52. The second-order valence-electron chi connectivity index (χ2n) is 8.10. The third-order valence-electron chi connectivity index (χ3n) is 4.93. The summed E-state index contributed by atoms with van der Waals surface area (Å²) >= 11 is 3.04. The molecule has 0 heterocycles. The van der Waals surface area contributed by atoms with E-state index in [4.69, 9.17) is 15.6 Å². The van der Waals surface area contributed by atoms with Crippen LogP contribution < -0.4 is 11.1 Å². The molecule has 0 saturated carbocycles. The zero-order valence-corrected chi connectivity index (χ0v) is 23.3. The summed E-state index contributed by atoms with van der Waals surface area (Å²) in [6.45, 7) is 5.99. The van der Waals surface area contributed by atoms with Crippen LogP contribution in [0, 0.1) is 0 Å². The number of hydrogen-bond donors (Lipinski definition) is 3. The van der Waals surface area contributed by atoms with Gasteiger partial charge in [-0.15, -0.1) is 0 Å². The number of halogens is 7. The minimum absolute atomic E-state index is 0.0425. The maximum absolute atomic E-state index is 12.3. The van der Waals surface area contributed by atoms with E-state index in [1.165, 1.54) is 24.3 Å². The van der Waals surface area contributed by atoms with Gasteiger partial charge in [-0.25, -0.2) is 0 Å². The van der Waals surface area contributed by atoms with Crippen LogP contribution >= 0.6 is 15.9 Å². The molecule has 4 N–H and O–H groups in total. The smallest absolute Gasteiger partial charge is 0.416 e. The molecule has 0 radical (unpaired) electrons. The monoisotopic (exact) mass is 630 g/mol. The maximum atomic E-state index is 12.3. The highest BCUT2D eigenvalue weighted by atomic mass is 79.9. The predicted molar refractivity (Wildman–Crippen MR) is 140 cm³/mol. The van der Waals surface area contributed by atoms with Crippen LogP contribution in [0.4, 0.5) is 32.0 Å². The summed E-state index contributed by atoms with van der Waals surface area (Å²) in [5, 5.41) is 11.5. The number of anilines is 1. The van der Waals surface area contributed by atoms with Gasteiger partial charge in [-0.3, -0.25) is 9.59 Å². The van der Waals surface area contributed by atoms with Gasteiger partial charge in [0.25, 0.3) is 0 Å². The summed E-state index contributed by atoms with van der Waals surface area (Å²) in [7, 11) is 0. The molecular formula is C26H33BrF6N2O4. The fourth-order valence-electron chi connectivity index (χ4n) is 2.72. The summed E-state index contributed by atoms with van der Waals surface area (Å²) in [6.07, 6.45) is -6.93. The van der Waals surface area contributed by atoms with E-state index in [0.29, 0.717) is 29.6 Å². The summed E-state index contributed by atoms with van der Waals surface area (Å²) in [4.78, 5) is 21.3. The molecule has 6 nitrogen and oxygen atoms in total. The van der Waals surface area contributed by atoms with Crippen molar-refractivity contribution in [3.63, 3.8) is 0 Å². The Morgan fingerprint density at radius 1 is 0.872 bits per heavy atom. The summed E-state index contributed by atoms with van der Waals surface area (Å²) in [5.74, 6) is -1.14. The largest absolute Gasteiger partial charge is 0.481 e. The average molecular weight is 631 g/mol. The van der Waals surface area contributed by atoms with Gasteiger partial charge in [-0.05, 0) is 68.3 Å². The highest BCUT2D eigenvalue weighted by Gasteiger charge is 2.30. The van der Waals surface area contributed by atoms with Crippen LogP contribution in [0.3, 0.4) is 0 Å². The van der Waals surface area contributed by atoms with E-state index >= 15 is 0 Å². The molecule has 13 heteroatoms. The van der Waals surface area contributed by atoms with E-state index < -0.39 is 29.4 Å². The molecule has 0 aromatic heterocycles. The van der Waals surface area contributed by atoms with Crippen LogP contribution in [0.5, 0.6) is 0 Å². The Balaban J connectivity index is 0.000000593. The van der Waals surface area contributed by atoms with Gasteiger partial charge in [0, 0.05) is 22.2 Å². The number of aliphatic carboxylic acids is 1. The zero-order chi connectivity index (χ0) is 30.2. The SMILES string of the molecule is CCOC(=O)C[C@H](N)CC.CC[C@H](CC(=O)O)Nc1ccc(C(F)(F)F)cc1.FC(F)(F)c1ccc(Br)cc1. The lowest BCUT2D eigenvalue weighted by atomic mass is 10.1. The molecule has 0 spiro atoms. The van der Waals surface area contributed by atoms with Crippen LogP contribution in [0.15, 0.2) is 53.0 Å². The van der Waals surface area contributed by atoms with E-state index in [-0.39, 0.29) is 24.5 Å². The van der Waals surface area contributed by atoms with Crippen molar-refractivity contribution in [2.45, 2.75) is 70.9 Å². The molecule has 2 aromatic carbocycles. The summed E-state index contributed by atoms with van der Waals surface area (Å²) in [5.41, 5.74) is 4.64. The third kappa shape index (κ3) is 16.7. The van der Waals surface area contributed by atoms with Gasteiger partial charge < -0.3 is 20.9 Å². The minimum Gasteiger partial charge on any atom is -0.481 e. The third-order valence-corrected chi connectivity index (χ3v) is 5.46. The summed E-state index contributed by atoms with van der Waals surface area (Å²) in [6, 6.07) is 8.99. The first-order valence-electron chi connectivity index (χ1n) is 11.9. The van der Waals surface area contributed by atoms with Crippen LogP contribution in [0.1, 0.15) is 57.6 Å². The molecule has 0 saturated heterocycles. The molecule has 2 aromatic rings. The fourth-order valence-corrected chi connectivity index (χ4v) is 2.98. The van der Waals surface area contributed by atoms with Crippen molar-refractivity contribution in [2.75, 3.05) is 11.9 Å². The number of benzene rings is 2. The Morgan fingerprint density at radius 3 is 1.69 bits per heavy atom. The Bertz CT molecular complexity index is 984. The van der Waals surface area contributed by atoms with E-state index in [1.54, 1.807) is 6.92 Å². The van der Waals surface area contributed by atoms with Crippen molar-refractivity contribution in [3.8, 4) is 0 Å². The lowest BCUT2D eigenvalue weighted by Gasteiger charge is -2.16. The van der Waals surface area contributed by atoms with Crippen LogP contribution in [-0.2, 0) is 26.7 Å². The maximum Gasteiger partial charge on any atom is 0.416 e. The number of carboxylic acids is 1. The van der Waals surface area contributed by atoms with Gasteiger partial charge in [-0.1, -0.05) is 29.8 Å². The van der Waals surface area contributed by atoms with Gasteiger partial charge in [0.15, 0.2) is 0 Å². The molecule has 0 unspecified atom stereocenters. The first kappa shape index (κ1) is 36.2. The number of esters is 1. The van der Waals surface area contributed by atoms with Crippen LogP contribution in [0.2, 0.25) is 0 Å². The molecule has 0 fully saturated rings. The Labute approximate surface area is 232 Å². The Hall–Kier alpha value is -2.80. The van der Waals surface area contributed by atoms with Crippen molar-refractivity contribution >= 4 is 33.6 Å². The molecule has 220 valence electrons. The number of hydrogen-bond acceptors (Lipinski definition) is 5. The van der Waals surface area contributed by atoms with E-state index in [1.807, 2.05) is 13.8 Å². The van der Waals surface area contributed by atoms with Gasteiger partial charge in [0.2, 0.25) is 0 Å². The lowest BCUT2D eigenvalue weighted by molar-refractivity contribution is -0.143. The van der Waals surface area contributed by atoms with Gasteiger partial charge in [-0.2, -0.15) is 26.3 Å². The molecule has 2 atom stereocenters. The molecule has 0 aliphatic heterocycles. The molecule has 0 aliphatic carbocycles. The number of nitrogens with two attached hydrogens (primary N) is 1. The number of rotatable bonds is 9. The quantitative estimate of drug-likeness (QED) is 0.196.